The zero-order valence-electron chi connectivity index (χ0n) is 11.7. The summed E-state index contributed by atoms with van der Waals surface area (Å²) in [6.45, 7) is 7.31. The van der Waals surface area contributed by atoms with Gasteiger partial charge in [0.1, 0.15) is 5.75 Å². The van der Waals surface area contributed by atoms with Crippen LogP contribution in [0.25, 0.3) is 0 Å². The molecule has 0 aromatic heterocycles. The zero-order valence-corrected chi connectivity index (χ0v) is 13.2. The van der Waals surface area contributed by atoms with Crippen LogP contribution >= 0.6 is 15.9 Å². The average molecular weight is 330 g/mol. The summed E-state index contributed by atoms with van der Waals surface area (Å²) in [5.41, 5.74) is 0.366. The number of amides is 1. The molecule has 0 saturated heterocycles. The SMILES string of the molecule is C[C@@H](O)c1cc(Br)ccc1OCC(=O)NC(C)(C)C. The lowest BCUT2D eigenvalue weighted by Gasteiger charge is -2.21. The van der Waals surface area contributed by atoms with Gasteiger partial charge in [-0.15, -0.1) is 0 Å². The van der Waals surface area contributed by atoms with Gasteiger partial charge < -0.3 is 15.2 Å². The largest absolute Gasteiger partial charge is 0.483 e. The van der Waals surface area contributed by atoms with E-state index in [-0.39, 0.29) is 18.1 Å². The summed E-state index contributed by atoms with van der Waals surface area (Å²) in [6, 6.07) is 5.32. The number of hydrogen-bond acceptors (Lipinski definition) is 3. The van der Waals surface area contributed by atoms with E-state index in [9.17, 15) is 9.90 Å². The molecule has 0 radical (unpaired) electrons. The van der Waals surface area contributed by atoms with E-state index in [2.05, 4.69) is 21.2 Å². The van der Waals surface area contributed by atoms with Crippen LogP contribution in [0.4, 0.5) is 0 Å². The molecule has 2 N–H and O–H groups in total. The molecule has 0 spiro atoms. The highest BCUT2D eigenvalue weighted by atomic mass is 79.9. The second-order valence-electron chi connectivity index (χ2n) is 5.44. The van der Waals surface area contributed by atoms with Crippen LogP contribution in [0.15, 0.2) is 22.7 Å². The highest BCUT2D eigenvalue weighted by Gasteiger charge is 2.15. The molecule has 0 aliphatic heterocycles. The number of carbonyl (C=O) groups excluding carboxylic acids is 1. The summed E-state index contributed by atoms with van der Waals surface area (Å²) >= 11 is 3.34. The van der Waals surface area contributed by atoms with Gasteiger partial charge in [0.2, 0.25) is 0 Å². The molecule has 1 amide bonds. The molecular weight excluding hydrogens is 310 g/mol. The lowest BCUT2D eigenvalue weighted by atomic mass is 10.1. The van der Waals surface area contributed by atoms with Crippen molar-refractivity contribution in [2.45, 2.75) is 39.3 Å². The molecule has 0 unspecified atom stereocenters. The normalized spacial score (nSPS) is 12.9. The van der Waals surface area contributed by atoms with Crippen molar-refractivity contribution in [3.63, 3.8) is 0 Å². The van der Waals surface area contributed by atoms with Gasteiger partial charge in [-0.05, 0) is 45.9 Å². The number of ether oxygens (including phenoxy) is 1. The smallest absolute Gasteiger partial charge is 0.258 e. The van der Waals surface area contributed by atoms with Crippen LogP contribution in [-0.2, 0) is 4.79 Å². The molecule has 0 aliphatic carbocycles. The predicted molar refractivity (Wildman–Crippen MR) is 78.2 cm³/mol. The number of hydrogen-bond donors (Lipinski definition) is 2. The maximum atomic E-state index is 11.7. The first-order chi connectivity index (χ1) is 8.69. The van der Waals surface area contributed by atoms with Crippen molar-refractivity contribution in [3.05, 3.63) is 28.2 Å². The third-order valence-electron chi connectivity index (χ3n) is 2.30. The summed E-state index contributed by atoms with van der Waals surface area (Å²) in [4.78, 5) is 11.7. The number of benzene rings is 1. The maximum absolute atomic E-state index is 11.7. The number of nitrogens with one attached hydrogen (secondary N) is 1. The fraction of sp³-hybridized carbons (Fsp3) is 0.500. The van der Waals surface area contributed by atoms with Crippen LogP contribution < -0.4 is 10.1 Å². The van der Waals surface area contributed by atoms with E-state index in [1.54, 1.807) is 19.1 Å². The molecule has 106 valence electrons. The molecule has 19 heavy (non-hydrogen) atoms. The topological polar surface area (TPSA) is 58.6 Å². The van der Waals surface area contributed by atoms with Gasteiger partial charge in [-0.2, -0.15) is 0 Å². The molecule has 0 heterocycles. The lowest BCUT2D eigenvalue weighted by molar-refractivity contribution is -0.124. The quantitative estimate of drug-likeness (QED) is 0.892. The fourth-order valence-electron chi connectivity index (χ4n) is 1.57. The second kappa shape index (κ2) is 6.39. The minimum absolute atomic E-state index is 0.0708. The first-order valence-corrected chi connectivity index (χ1v) is 6.89. The van der Waals surface area contributed by atoms with Gasteiger partial charge in [0.25, 0.3) is 5.91 Å². The third-order valence-corrected chi connectivity index (χ3v) is 2.79. The van der Waals surface area contributed by atoms with Gasteiger partial charge in [-0.1, -0.05) is 15.9 Å². The fourth-order valence-corrected chi connectivity index (χ4v) is 1.95. The molecule has 0 bridgehead atoms. The van der Waals surface area contributed by atoms with Crippen molar-refractivity contribution in [3.8, 4) is 5.75 Å². The minimum Gasteiger partial charge on any atom is -0.483 e. The molecule has 1 aromatic rings. The molecule has 5 heteroatoms. The van der Waals surface area contributed by atoms with Crippen LogP contribution in [0.5, 0.6) is 5.75 Å². The Morgan fingerprint density at radius 2 is 2.11 bits per heavy atom. The Balaban J connectivity index is 2.70. The van der Waals surface area contributed by atoms with Gasteiger partial charge in [-0.25, -0.2) is 0 Å². The van der Waals surface area contributed by atoms with Gasteiger partial charge >= 0.3 is 0 Å². The Labute approximate surface area is 122 Å². The van der Waals surface area contributed by atoms with Gasteiger partial charge in [0.05, 0.1) is 6.10 Å². The van der Waals surface area contributed by atoms with E-state index in [1.165, 1.54) is 0 Å². The standard InChI is InChI=1S/C14H20BrNO3/c1-9(17)11-7-10(15)5-6-12(11)19-8-13(18)16-14(2,3)4/h5-7,9,17H,8H2,1-4H3,(H,16,18)/t9-/m1/s1. The minimum atomic E-state index is -0.654. The van der Waals surface area contributed by atoms with Crippen molar-refractivity contribution >= 4 is 21.8 Å². The summed E-state index contributed by atoms with van der Waals surface area (Å²) in [6.07, 6.45) is -0.654. The number of carbonyl (C=O) groups is 1. The second-order valence-corrected chi connectivity index (χ2v) is 6.36. The molecule has 0 aliphatic rings. The number of aliphatic hydroxyl groups excluding tert-OH is 1. The Morgan fingerprint density at radius 3 is 2.63 bits per heavy atom. The van der Waals surface area contributed by atoms with Crippen molar-refractivity contribution < 1.29 is 14.6 Å². The number of halogens is 1. The first-order valence-electron chi connectivity index (χ1n) is 6.10. The zero-order chi connectivity index (χ0) is 14.6. The molecular formula is C14H20BrNO3. The van der Waals surface area contributed by atoms with E-state index in [4.69, 9.17) is 4.74 Å². The van der Waals surface area contributed by atoms with Crippen LogP contribution in [0, 0.1) is 0 Å². The number of rotatable bonds is 4. The van der Waals surface area contributed by atoms with Gasteiger partial charge in [0, 0.05) is 15.6 Å². The van der Waals surface area contributed by atoms with Crippen LogP contribution in [-0.4, -0.2) is 23.2 Å². The van der Waals surface area contributed by atoms with Crippen molar-refractivity contribution in [1.82, 2.24) is 5.32 Å². The van der Waals surface area contributed by atoms with E-state index < -0.39 is 6.10 Å². The molecule has 1 aromatic carbocycles. The maximum Gasteiger partial charge on any atom is 0.258 e. The third kappa shape index (κ3) is 5.61. The molecule has 1 atom stereocenters. The van der Waals surface area contributed by atoms with Gasteiger partial charge in [0.15, 0.2) is 6.61 Å². The Kier molecular flexibility index (Phi) is 5.38. The summed E-state index contributed by atoms with van der Waals surface area (Å²) < 4.78 is 6.32. The van der Waals surface area contributed by atoms with Crippen molar-refractivity contribution in [2.24, 2.45) is 0 Å². The molecule has 1 rings (SSSR count). The van der Waals surface area contributed by atoms with Crippen LogP contribution in [0.2, 0.25) is 0 Å². The highest BCUT2D eigenvalue weighted by Crippen LogP contribution is 2.28. The summed E-state index contributed by atoms with van der Waals surface area (Å²) in [5, 5.41) is 12.5. The van der Waals surface area contributed by atoms with E-state index in [0.29, 0.717) is 11.3 Å². The van der Waals surface area contributed by atoms with Crippen molar-refractivity contribution in [1.29, 1.82) is 0 Å². The van der Waals surface area contributed by atoms with E-state index in [0.717, 1.165) is 4.47 Å². The van der Waals surface area contributed by atoms with Crippen LogP contribution in [0.1, 0.15) is 39.4 Å². The summed E-state index contributed by atoms with van der Waals surface area (Å²) in [7, 11) is 0. The monoisotopic (exact) mass is 329 g/mol. The first kappa shape index (κ1) is 16.0. The summed E-state index contributed by atoms with van der Waals surface area (Å²) in [5.74, 6) is 0.328. The average Bonchev–Trinajstić information content (AvgIpc) is 2.24. The van der Waals surface area contributed by atoms with Gasteiger partial charge in [-0.3, -0.25) is 4.79 Å². The van der Waals surface area contributed by atoms with Crippen molar-refractivity contribution in [2.75, 3.05) is 6.61 Å². The van der Waals surface area contributed by atoms with E-state index in [1.807, 2.05) is 26.8 Å². The lowest BCUT2D eigenvalue weighted by Crippen LogP contribution is -2.43. The predicted octanol–water partition coefficient (Wildman–Crippen LogP) is 2.80. The molecule has 0 fully saturated rings. The Hall–Kier alpha value is -1.07. The Morgan fingerprint density at radius 1 is 1.47 bits per heavy atom. The molecule has 4 nitrogen and oxygen atoms in total. The molecule has 0 saturated carbocycles. The van der Waals surface area contributed by atoms with Crippen LogP contribution in [0.3, 0.4) is 0 Å². The number of aliphatic hydroxyl groups is 1. The Bertz CT molecular complexity index is 452. The van der Waals surface area contributed by atoms with E-state index >= 15 is 0 Å². The highest BCUT2D eigenvalue weighted by molar-refractivity contribution is 9.10.